The van der Waals surface area contributed by atoms with Crippen LogP contribution in [0.3, 0.4) is 0 Å². The van der Waals surface area contributed by atoms with Crippen LogP contribution in [0.1, 0.15) is 58.8 Å². The van der Waals surface area contributed by atoms with Gasteiger partial charge in [0.2, 0.25) is 11.9 Å². The molecule has 2 N–H and O–H groups in total. The number of likely N-dealkylation sites (tertiary alicyclic amines) is 1. The van der Waals surface area contributed by atoms with Gasteiger partial charge in [-0.25, -0.2) is 4.98 Å². The van der Waals surface area contributed by atoms with Crippen LogP contribution >= 0.6 is 0 Å². The number of hydrogen-bond donors (Lipinski definition) is 2. The predicted octanol–water partition coefficient (Wildman–Crippen LogP) is 3.39. The molecule has 1 aromatic carbocycles. The van der Waals surface area contributed by atoms with Crippen molar-refractivity contribution in [3.63, 3.8) is 0 Å². The van der Waals surface area contributed by atoms with Crippen LogP contribution in [-0.2, 0) is 4.79 Å². The van der Waals surface area contributed by atoms with Gasteiger partial charge in [-0.05, 0) is 51.7 Å². The number of H-pyrrole nitrogens is 1. The molecule has 2 fully saturated rings. The average molecular weight is 366 g/mol. The summed E-state index contributed by atoms with van der Waals surface area (Å²) in [6.45, 7) is 5.14. The summed E-state index contributed by atoms with van der Waals surface area (Å²) in [6, 6.07) is 5.89. The van der Waals surface area contributed by atoms with E-state index in [2.05, 4.69) is 21.4 Å². The lowest BCUT2D eigenvalue weighted by Gasteiger charge is -2.32. The first-order valence-corrected chi connectivity index (χ1v) is 9.73. The van der Waals surface area contributed by atoms with Gasteiger partial charge >= 0.3 is 0 Å². The summed E-state index contributed by atoms with van der Waals surface area (Å²) in [5.41, 5.74) is 3.96. The number of aromatic amines is 1. The van der Waals surface area contributed by atoms with Gasteiger partial charge in [-0.15, -0.1) is 0 Å². The number of piperidine rings is 1. The Bertz CT molecular complexity index is 849. The fourth-order valence-electron chi connectivity index (χ4n) is 3.88. The summed E-state index contributed by atoms with van der Waals surface area (Å²) in [5.74, 6) is 0.824. The Morgan fingerprint density at radius 3 is 2.59 bits per heavy atom. The summed E-state index contributed by atoms with van der Waals surface area (Å²) >= 11 is 0. The second-order valence-corrected chi connectivity index (χ2v) is 7.92. The van der Waals surface area contributed by atoms with E-state index in [0.717, 1.165) is 29.7 Å². The molecule has 2 amide bonds. The van der Waals surface area contributed by atoms with Gasteiger partial charge in [-0.3, -0.25) is 14.9 Å². The van der Waals surface area contributed by atoms with Gasteiger partial charge in [0, 0.05) is 30.3 Å². The Hall–Kier alpha value is -2.63. The molecule has 4 rings (SSSR count). The van der Waals surface area contributed by atoms with Gasteiger partial charge in [0.05, 0.1) is 12.1 Å². The molecule has 6 heteroatoms. The fourth-order valence-corrected chi connectivity index (χ4v) is 3.88. The van der Waals surface area contributed by atoms with Gasteiger partial charge in [0.25, 0.3) is 5.91 Å². The zero-order valence-electron chi connectivity index (χ0n) is 15.9. The van der Waals surface area contributed by atoms with Crippen molar-refractivity contribution in [2.45, 2.75) is 45.4 Å². The minimum absolute atomic E-state index is 0.00770. The lowest BCUT2D eigenvalue weighted by Crippen LogP contribution is -2.43. The zero-order chi connectivity index (χ0) is 19.0. The molecule has 0 spiro atoms. The maximum absolute atomic E-state index is 12.9. The molecule has 27 heavy (non-hydrogen) atoms. The number of imidazole rings is 1. The highest BCUT2D eigenvalue weighted by Gasteiger charge is 2.30. The minimum Gasteiger partial charge on any atom is -0.338 e. The van der Waals surface area contributed by atoms with Crippen molar-refractivity contribution in [3.05, 3.63) is 46.8 Å². The van der Waals surface area contributed by atoms with E-state index >= 15 is 0 Å². The highest BCUT2D eigenvalue weighted by molar-refractivity contribution is 5.96. The number of carbonyl (C=O) groups excluding carboxylic acids is 2. The predicted molar refractivity (Wildman–Crippen MR) is 104 cm³/mol. The Balaban J connectivity index is 1.40. The van der Waals surface area contributed by atoms with Crippen LogP contribution in [0.25, 0.3) is 0 Å². The topological polar surface area (TPSA) is 78.1 Å². The van der Waals surface area contributed by atoms with Crippen LogP contribution < -0.4 is 5.32 Å². The van der Waals surface area contributed by atoms with Crippen LogP contribution in [-0.4, -0.2) is 39.8 Å². The van der Waals surface area contributed by atoms with Crippen molar-refractivity contribution in [1.29, 1.82) is 0 Å². The Labute approximate surface area is 159 Å². The summed E-state index contributed by atoms with van der Waals surface area (Å²) in [6.07, 6.45) is 5.81. The molecule has 1 aromatic heterocycles. The van der Waals surface area contributed by atoms with Crippen LogP contribution in [0.2, 0.25) is 0 Å². The lowest BCUT2D eigenvalue weighted by atomic mass is 9.96. The fraction of sp³-hybridized carbons (Fsp3) is 0.476. The van der Waals surface area contributed by atoms with E-state index in [9.17, 15) is 9.59 Å². The van der Waals surface area contributed by atoms with Crippen LogP contribution in [0.15, 0.2) is 24.4 Å². The monoisotopic (exact) mass is 366 g/mol. The van der Waals surface area contributed by atoms with E-state index < -0.39 is 0 Å². The van der Waals surface area contributed by atoms with E-state index in [4.69, 9.17) is 0 Å². The minimum atomic E-state index is -0.205. The van der Waals surface area contributed by atoms with Crippen molar-refractivity contribution in [2.24, 2.45) is 5.92 Å². The molecule has 0 bridgehead atoms. The van der Waals surface area contributed by atoms with Gasteiger partial charge < -0.3 is 9.88 Å². The molecule has 142 valence electrons. The van der Waals surface area contributed by atoms with E-state index in [1.54, 1.807) is 4.90 Å². The number of rotatable bonds is 4. The Morgan fingerprint density at radius 2 is 1.89 bits per heavy atom. The van der Waals surface area contributed by atoms with Gasteiger partial charge in [0.1, 0.15) is 0 Å². The third-order valence-corrected chi connectivity index (χ3v) is 5.40. The molecule has 1 saturated heterocycles. The molecular weight excluding hydrogens is 340 g/mol. The molecule has 1 aliphatic heterocycles. The van der Waals surface area contributed by atoms with E-state index in [-0.39, 0.29) is 17.7 Å². The van der Waals surface area contributed by atoms with Crippen LogP contribution in [0, 0.1) is 19.8 Å². The smallest absolute Gasteiger partial charge is 0.253 e. The SMILES string of the molecule is Cc1cc(C)cc(C(=O)N2CCCC(C(=O)Nc3ncc(C4CC4)[nH]3)C2)c1. The second kappa shape index (κ2) is 7.18. The number of aryl methyl sites for hydroxylation is 2. The van der Waals surface area contributed by atoms with Crippen LogP contribution in [0.4, 0.5) is 5.95 Å². The molecule has 1 atom stereocenters. The number of amides is 2. The number of nitrogens with zero attached hydrogens (tertiary/aromatic N) is 2. The third kappa shape index (κ3) is 4.04. The zero-order valence-corrected chi connectivity index (χ0v) is 15.9. The highest BCUT2D eigenvalue weighted by Crippen LogP contribution is 2.39. The first kappa shape index (κ1) is 17.8. The average Bonchev–Trinajstić information content (AvgIpc) is 3.40. The molecule has 1 unspecified atom stereocenters. The molecule has 2 aromatic rings. The summed E-state index contributed by atoms with van der Waals surface area (Å²) in [7, 11) is 0. The van der Waals surface area contributed by atoms with Crippen molar-refractivity contribution in [2.75, 3.05) is 18.4 Å². The van der Waals surface area contributed by atoms with E-state index in [1.165, 1.54) is 12.8 Å². The van der Waals surface area contributed by atoms with Crippen molar-refractivity contribution >= 4 is 17.8 Å². The van der Waals surface area contributed by atoms with Crippen LogP contribution in [0.5, 0.6) is 0 Å². The number of benzene rings is 1. The number of anilines is 1. The van der Waals surface area contributed by atoms with Gasteiger partial charge in [-0.1, -0.05) is 17.2 Å². The standard InChI is InChI=1S/C21H26N4O2/c1-13-8-14(2)10-17(9-13)20(27)25-7-3-4-16(12-25)19(26)24-21-22-11-18(23-21)15-5-6-15/h8-11,15-16H,3-7,12H2,1-2H3,(H2,22,23,24,26). The molecule has 1 aliphatic carbocycles. The molecule has 0 radical (unpaired) electrons. The molecule has 2 aliphatic rings. The summed E-state index contributed by atoms with van der Waals surface area (Å²) in [5, 5.41) is 2.89. The number of nitrogens with one attached hydrogen (secondary N) is 2. The quantitative estimate of drug-likeness (QED) is 0.870. The van der Waals surface area contributed by atoms with E-state index in [0.29, 0.717) is 30.5 Å². The van der Waals surface area contributed by atoms with Gasteiger partial charge in [0.15, 0.2) is 0 Å². The maximum atomic E-state index is 12.9. The lowest BCUT2D eigenvalue weighted by molar-refractivity contribution is -0.121. The Morgan fingerprint density at radius 1 is 1.15 bits per heavy atom. The molecule has 2 heterocycles. The Kier molecular flexibility index (Phi) is 4.72. The normalized spacial score (nSPS) is 19.8. The van der Waals surface area contributed by atoms with Gasteiger partial charge in [-0.2, -0.15) is 0 Å². The second-order valence-electron chi connectivity index (χ2n) is 7.92. The summed E-state index contributed by atoms with van der Waals surface area (Å²) in [4.78, 5) is 34.8. The molecule has 6 nitrogen and oxygen atoms in total. The van der Waals surface area contributed by atoms with E-state index in [1.807, 2.05) is 32.2 Å². The maximum Gasteiger partial charge on any atom is 0.253 e. The highest BCUT2D eigenvalue weighted by atomic mass is 16.2. The van der Waals surface area contributed by atoms with Crippen molar-refractivity contribution < 1.29 is 9.59 Å². The first-order chi connectivity index (χ1) is 13.0. The summed E-state index contributed by atoms with van der Waals surface area (Å²) < 4.78 is 0. The largest absolute Gasteiger partial charge is 0.338 e. The molecule has 1 saturated carbocycles. The number of hydrogen-bond acceptors (Lipinski definition) is 3. The first-order valence-electron chi connectivity index (χ1n) is 9.73. The van der Waals surface area contributed by atoms with Crippen molar-refractivity contribution in [1.82, 2.24) is 14.9 Å². The number of carbonyl (C=O) groups is 2. The number of aromatic nitrogens is 2. The third-order valence-electron chi connectivity index (χ3n) is 5.40. The molecular formula is C21H26N4O2. The van der Waals surface area contributed by atoms with Crippen molar-refractivity contribution in [3.8, 4) is 0 Å².